The first-order valence-electron chi connectivity index (χ1n) is 7.62. The molecule has 130 valence electrons. The Labute approximate surface area is 138 Å². The van der Waals surface area contributed by atoms with Gasteiger partial charge < -0.3 is 13.8 Å². The lowest BCUT2D eigenvalue weighted by molar-refractivity contribution is -0.138. The highest BCUT2D eigenvalue weighted by molar-refractivity contribution is 7.87. The molecule has 0 heterocycles. The highest BCUT2D eigenvalue weighted by atomic mass is 32.2. The number of amides is 1. The van der Waals surface area contributed by atoms with E-state index in [-0.39, 0.29) is 30.1 Å². The Balaban J connectivity index is 2.94. The molecule has 1 atom stereocenters. The normalized spacial score (nSPS) is 12.7. The third kappa shape index (κ3) is 6.19. The van der Waals surface area contributed by atoms with Gasteiger partial charge in [0.25, 0.3) is 0 Å². The number of methoxy groups -OCH3 is 1. The van der Waals surface area contributed by atoms with Gasteiger partial charge in [-0.25, -0.2) is 0 Å². The van der Waals surface area contributed by atoms with E-state index >= 15 is 0 Å². The molecule has 7 heteroatoms. The first-order chi connectivity index (χ1) is 10.8. The second kappa shape index (κ2) is 8.88. The largest absolute Gasteiger partial charge is 0.382 e. The topological polar surface area (TPSA) is 72.9 Å². The summed E-state index contributed by atoms with van der Waals surface area (Å²) in [6.07, 6.45) is 0.815. The third-order valence-electron chi connectivity index (χ3n) is 3.54. The maximum Gasteiger partial charge on any atom is 0.308 e. The average molecular weight is 343 g/mol. The molecule has 0 radical (unpaired) electrons. The molecule has 0 bridgehead atoms. The van der Waals surface area contributed by atoms with E-state index in [0.717, 1.165) is 12.0 Å². The molecule has 0 fully saturated rings. The standard InChI is InChI=1S/C16H25NO5S/c1-5-13(3)17(16(18)12-21-4)11-14-8-7-9-15(10-14)22-23(19,20)6-2/h7-10,13H,5-6,11-12H2,1-4H3/t13-/m1/s1. The quantitative estimate of drug-likeness (QED) is 0.643. The summed E-state index contributed by atoms with van der Waals surface area (Å²) < 4.78 is 33.0. The molecule has 1 aromatic rings. The zero-order chi connectivity index (χ0) is 17.5. The summed E-state index contributed by atoms with van der Waals surface area (Å²) in [5, 5.41) is 0. The van der Waals surface area contributed by atoms with Crippen LogP contribution in [0.3, 0.4) is 0 Å². The number of carbonyl (C=O) groups is 1. The van der Waals surface area contributed by atoms with E-state index in [2.05, 4.69) is 0 Å². The van der Waals surface area contributed by atoms with Crippen molar-refractivity contribution in [3.63, 3.8) is 0 Å². The van der Waals surface area contributed by atoms with Crippen LogP contribution in [0.2, 0.25) is 0 Å². The number of carbonyl (C=O) groups excluding carboxylic acids is 1. The number of hydrogen-bond donors (Lipinski definition) is 0. The fourth-order valence-corrected chi connectivity index (χ4v) is 2.53. The van der Waals surface area contributed by atoms with E-state index in [4.69, 9.17) is 8.92 Å². The minimum Gasteiger partial charge on any atom is -0.382 e. The number of rotatable bonds is 9. The molecule has 0 aliphatic carbocycles. The van der Waals surface area contributed by atoms with Gasteiger partial charge in [-0.05, 0) is 38.0 Å². The van der Waals surface area contributed by atoms with E-state index in [0.29, 0.717) is 6.54 Å². The Hall–Kier alpha value is -1.60. The molecule has 0 aliphatic rings. The fraction of sp³-hybridized carbons (Fsp3) is 0.562. The Morgan fingerprint density at radius 3 is 2.57 bits per heavy atom. The SMILES string of the molecule is CC[C@@H](C)N(Cc1cccc(OS(=O)(=O)CC)c1)C(=O)COC. The summed E-state index contributed by atoms with van der Waals surface area (Å²) in [5.41, 5.74) is 0.804. The van der Waals surface area contributed by atoms with E-state index in [1.165, 1.54) is 14.0 Å². The van der Waals surface area contributed by atoms with Crippen LogP contribution in [-0.4, -0.2) is 44.7 Å². The maximum absolute atomic E-state index is 12.2. The van der Waals surface area contributed by atoms with Gasteiger partial charge in [-0.1, -0.05) is 19.1 Å². The summed E-state index contributed by atoms with van der Waals surface area (Å²) in [5.74, 6) is 0.0599. The molecule has 0 unspecified atom stereocenters. The summed E-state index contributed by atoms with van der Waals surface area (Å²) in [6.45, 7) is 5.89. The Kier molecular flexibility index (Phi) is 7.51. The molecular weight excluding hydrogens is 318 g/mol. The number of benzene rings is 1. The van der Waals surface area contributed by atoms with E-state index in [9.17, 15) is 13.2 Å². The van der Waals surface area contributed by atoms with E-state index < -0.39 is 10.1 Å². The van der Waals surface area contributed by atoms with Crippen LogP contribution >= 0.6 is 0 Å². The van der Waals surface area contributed by atoms with Crippen LogP contribution in [0.1, 0.15) is 32.8 Å². The van der Waals surface area contributed by atoms with Crippen LogP contribution < -0.4 is 4.18 Å². The van der Waals surface area contributed by atoms with Crippen molar-refractivity contribution in [2.75, 3.05) is 19.5 Å². The lowest BCUT2D eigenvalue weighted by Crippen LogP contribution is -2.39. The van der Waals surface area contributed by atoms with Crippen molar-refractivity contribution in [3.8, 4) is 5.75 Å². The van der Waals surface area contributed by atoms with Crippen molar-refractivity contribution in [2.24, 2.45) is 0 Å². The van der Waals surface area contributed by atoms with Gasteiger partial charge in [-0.2, -0.15) is 8.42 Å². The fourth-order valence-electron chi connectivity index (χ4n) is 2.01. The van der Waals surface area contributed by atoms with Crippen LogP contribution in [0.4, 0.5) is 0 Å². The second-order valence-corrected chi connectivity index (χ2v) is 7.15. The van der Waals surface area contributed by atoms with Gasteiger partial charge in [0, 0.05) is 19.7 Å². The van der Waals surface area contributed by atoms with Crippen molar-refractivity contribution >= 4 is 16.0 Å². The predicted molar refractivity (Wildman–Crippen MR) is 88.7 cm³/mol. The van der Waals surface area contributed by atoms with Gasteiger partial charge in [-0.3, -0.25) is 4.79 Å². The summed E-state index contributed by atoms with van der Waals surface area (Å²) in [4.78, 5) is 13.9. The molecule has 6 nitrogen and oxygen atoms in total. The highest BCUT2D eigenvalue weighted by Crippen LogP contribution is 2.18. The van der Waals surface area contributed by atoms with Crippen molar-refractivity contribution in [3.05, 3.63) is 29.8 Å². The minimum absolute atomic E-state index is 0.0186. The minimum atomic E-state index is -3.56. The smallest absolute Gasteiger partial charge is 0.308 e. The van der Waals surface area contributed by atoms with Crippen LogP contribution in [0, 0.1) is 0 Å². The highest BCUT2D eigenvalue weighted by Gasteiger charge is 2.19. The van der Waals surface area contributed by atoms with Crippen LogP contribution in [0.15, 0.2) is 24.3 Å². The summed E-state index contributed by atoms with van der Waals surface area (Å²) in [7, 11) is -2.08. The third-order valence-corrected chi connectivity index (χ3v) is 4.69. The van der Waals surface area contributed by atoms with Crippen molar-refractivity contribution < 1.29 is 22.1 Å². The van der Waals surface area contributed by atoms with Gasteiger partial charge >= 0.3 is 10.1 Å². The van der Waals surface area contributed by atoms with Crippen LogP contribution in [0.25, 0.3) is 0 Å². The molecule has 0 spiro atoms. The lowest BCUT2D eigenvalue weighted by atomic mass is 10.1. The molecule has 0 saturated heterocycles. The molecule has 0 aliphatic heterocycles. The Morgan fingerprint density at radius 1 is 1.30 bits per heavy atom. The Bertz CT molecular complexity index is 615. The van der Waals surface area contributed by atoms with Gasteiger partial charge in [0.2, 0.25) is 5.91 Å². The van der Waals surface area contributed by atoms with Crippen LogP contribution in [0.5, 0.6) is 5.75 Å². The number of hydrogen-bond acceptors (Lipinski definition) is 5. The Morgan fingerprint density at radius 2 is 2.00 bits per heavy atom. The van der Waals surface area contributed by atoms with Gasteiger partial charge in [0.1, 0.15) is 12.4 Å². The summed E-state index contributed by atoms with van der Waals surface area (Å²) in [6, 6.07) is 6.83. The van der Waals surface area contributed by atoms with Gasteiger partial charge in [-0.15, -0.1) is 0 Å². The van der Waals surface area contributed by atoms with Gasteiger partial charge in [0.15, 0.2) is 0 Å². The first kappa shape index (κ1) is 19.4. The zero-order valence-corrected chi connectivity index (χ0v) is 14.9. The van der Waals surface area contributed by atoms with Gasteiger partial charge in [0.05, 0.1) is 5.75 Å². The van der Waals surface area contributed by atoms with Crippen LogP contribution in [-0.2, 0) is 26.2 Å². The van der Waals surface area contributed by atoms with E-state index in [1.54, 1.807) is 23.1 Å². The molecule has 23 heavy (non-hydrogen) atoms. The molecule has 1 amide bonds. The summed E-state index contributed by atoms with van der Waals surface area (Å²) >= 11 is 0. The molecule has 0 N–H and O–H groups in total. The van der Waals surface area contributed by atoms with Crippen molar-refractivity contribution in [1.82, 2.24) is 4.90 Å². The van der Waals surface area contributed by atoms with E-state index in [1.807, 2.05) is 19.9 Å². The number of ether oxygens (including phenoxy) is 1. The molecule has 1 rings (SSSR count). The monoisotopic (exact) mass is 343 g/mol. The zero-order valence-electron chi connectivity index (χ0n) is 14.1. The average Bonchev–Trinajstić information content (AvgIpc) is 2.52. The molecular formula is C16H25NO5S. The second-order valence-electron chi connectivity index (χ2n) is 5.29. The first-order valence-corrected chi connectivity index (χ1v) is 9.20. The van der Waals surface area contributed by atoms with Crippen molar-refractivity contribution in [2.45, 2.75) is 39.8 Å². The molecule has 0 aromatic heterocycles. The van der Waals surface area contributed by atoms with Crippen molar-refractivity contribution in [1.29, 1.82) is 0 Å². The molecule has 1 aromatic carbocycles. The lowest BCUT2D eigenvalue weighted by Gasteiger charge is -2.28. The molecule has 0 saturated carbocycles. The predicted octanol–water partition coefficient (Wildman–Crippen LogP) is 2.19. The maximum atomic E-state index is 12.2. The number of nitrogens with zero attached hydrogens (tertiary/aromatic N) is 1.